The molecule has 2 fully saturated rings. The number of nitrogens with zero attached hydrogens (tertiary/aromatic N) is 4. The predicted molar refractivity (Wildman–Crippen MR) is 82.9 cm³/mol. The lowest BCUT2D eigenvalue weighted by atomic mass is 10.0. The summed E-state index contributed by atoms with van der Waals surface area (Å²) in [4.78, 5) is 23.5. The molecule has 0 aromatic carbocycles. The monoisotopic (exact) mass is 312 g/mol. The van der Waals surface area contributed by atoms with Gasteiger partial charge in [-0.15, -0.1) is 0 Å². The summed E-state index contributed by atoms with van der Waals surface area (Å²) in [7, 11) is 0. The normalized spacial score (nSPS) is 21.4. The average Bonchev–Trinajstić information content (AvgIpc) is 3.32. The second-order valence-corrected chi connectivity index (χ2v) is 6.46. The molecule has 6 heteroatoms. The summed E-state index contributed by atoms with van der Waals surface area (Å²) in [6.07, 6.45) is 6.87. The van der Waals surface area contributed by atoms with Gasteiger partial charge in [-0.25, -0.2) is 0 Å². The van der Waals surface area contributed by atoms with Gasteiger partial charge in [-0.1, -0.05) is 5.16 Å². The lowest BCUT2D eigenvalue weighted by molar-refractivity contribution is 0.0561. The maximum Gasteiger partial charge on any atom is 0.256 e. The fraction of sp³-hybridized carbons (Fsp3) is 0.529. The molecule has 1 atom stereocenters. The van der Waals surface area contributed by atoms with E-state index >= 15 is 0 Å². The highest BCUT2D eigenvalue weighted by atomic mass is 16.5. The molecule has 2 aromatic rings. The van der Waals surface area contributed by atoms with E-state index in [9.17, 15) is 4.79 Å². The number of carbonyl (C=O) groups is 1. The third-order valence-corrected chi connectivity index (χ3v) is 4.61. The summed E-state index contributed by atoms with van der Waals surface area (Å²) in [6.45, 7) is 2.63. The summed E-state index contributed by atoms with van der Waals surface area (Å²) < 4.78 is 5.47. The molecule has 2 aliphatic rings. The largest absolute Gasteiger partial charge is 0.337 e. The highest BCUT2D eigenvalue weighted by molar-refractivity contribution is 5.94. The molecule has 2 aromatic heterocycles. The van der Waals surface area contributed by atoms with Crippen LogP contribution in [0.3, 0.4) is 0 Å². The van der Waals surface area contributed by atoms with Crippen molar-refractivity contribution in [1.82, 2.24) is 20.0 Å². The van der Waals surface area contributed by atoms with Gasteiger partial charge in [0.1, 0.15) is 6.04 Å². The molecule has 3 heterocycles. The molecule has 0 bridgehead atoms. The van der Waals surface area contributed by atoms with Crippen LogP contribution in [0.5, 0.6) is 0 Å². The van der Waals surface area contributed by atoms with Crippen molar-refractivity contribution in [3.05, 3.63) is 41.3 Å². The Morgan fingerprint density at radius 2 is 2.13 bits per heavy atom. The number of hydrogen-bond acceptors (Lipinski definition) is 5. The van der Waals surface area contributed by atoms with E-state index in [2.05, 4.69) is 15.1 Å². The number of aromatic nitrogens is 3. The number of hydrogen-bond donors (Lipinski definition) is 0. The number of aryl methyl sites for hydroxylation is 1. The average molecular weight is 312 g/mol. The molecule has 23 heavy (non-hydrogen) atoms. The van der Waals surface area contributed by atoms with Gasteiger partial charge in [0.25, 0.3) is 5.91 Å². The number of likely N-dealkylation sites (tertiary alicyclic amines) is 1. The maximum atomic E-state index is 12.8. The van der Waals surface area contributed by atoms with Crippen LogP contribution < -0.4 is 0 Å². The van der Waals surface area contributed by atoms with Gasteiger partial charge >= 0.3 is 0 Å². The van der Waals surface area contributed by atoms with Crippen LogP contribution in [0.4, 0.5) is 0 Å². The first-order chi connectivity index (χ1) is 11.2. The van der Waals surface area contributed by atoms with Crippen LogP contribution in [0.15, 0.2) is 22.9 Å². The van der Waals surface area contributed by atoms with E-state index < -0.39 is 0 Å². The van der Waals surface area contributed by atoms with Crippen molar-refractivity contribution in [2.45, 2.75) is 51.0 Å². The van der Waals surface area contributed by atoms with Crippen LogP contribution >= 0.6 is 0 Å². The van der Waals surface area contributed by atoms with Crippen molar-refractivity contribution in [1.29, 1.82) is 0 Å². The van der Waals surface area contributed by atoms with Gasteiger partial charge in [-0.05, 0) is 51.2 Å². The standard InChI is InChI=1S/C17H20N4O2/c1-11-5-6-13(10-18-11)17(22)21-9-3-2-4-14(21)16-19-15(20-23-16)12-7-8-12/h5-6,10,12,14H,2-4,7-9H2,1H3/t14-/m1/s1. The number of piperidine rings is 1. The zero-order valence-electron chi connectivity index (χ0n) is 13.2. The van der Waals surface area contributed by atoms with Crippen molar-refractivity contribution in [2.75, 3.05) is 6.54 Å². The minimum Gasteiger partial charge on any atom is -0.337 e. The predicted octanol–water partition coefficient (Wildman–Crippen LogP) is 3.02. The summed E-state index contributed by atoms with van der Waals surface area (Å²) >= 11 is 0. The molecular weight excluding hydrogens is 292 g/mol. The SMILES string of the molecule is Cc1ccc(C(=O)N2CCCC[C@@H]2c2nc(C3CC3)no2)cn1. The van der Waals surface area contributed by atoms with Crippen LogP contribution in [0.1, 0.15) is 71.8 Å². The van der Waals surface area contributed by atoms with Gasteiger partial charge in [-0.2, -0.15) is 4.98 Å². The Balaban J connectivity index is 1.58. The molecule has 0 N–H and O–H groups in total. The number of carbonyl (C=O) groups excluding carboxylic acids is 1. The summed E-state index contributed by atoms with van der Waals surface area (Å²) in [5.41, 5.74) is 1.52. The van der Waals surface area contributed by atoms with Gasteiger partial charge in [0.2, 0.25) is 5.89 Å². The van der Waals surface area contributed by atoms with E-state index in [4.69, 9.17) is 4.52 Å². The first-order valence-electron chi connectivity index (χ1n) is 8.29. The highest BCUT2D eigenvalue weighted by Crippen LogP contribution is 2.39. The second kappa shape index (κ2) is 5.76. The van der Waals surface area contributed by atoms with Crippen LogP contribution in [-0.2, 0) is 0 Å². The zero-order valence-corrected chi connectivity index (χ0v) is 13.2. The van der Waals surface area contributed by atoms with Crippen LogP contribution in [0, 0.1) is 6.92 Å². The first-order valence-corrected chi connectivity index (χ1v) is 8.29. The molecular formula is C17H20N4O2. The fourth-order valence-electron chi connectivity index (χ4n) is 3.08. The Morgan fingerprint density at radius 3 is 2.87 bits per heavy atom. The van der Waals surface area contributed by atoms with E-state index in [1.807, 2.05) is 24.0 Å². The Kier molecular flexibility index (Phi) is 3.59. The highest BCUT2D eigenvalue weighted by Gasteiger charge is 2.35. The molecule has 0 radical (unpaired) electrons. The van der Waals surface area contributed by atoms with Gasteiger partial charge in [-0.3, -0.25) is 9.78 Å². The van der Waals surface area contributed by atoms with Crippen molar-refractivity contribution < 1.29 is 9.32 Å². The molecule has 1 aliphatic carbocycles. The molecule has 1 aliphatic heterocycles. The van der Waals surface area contributed by atoms with Crippen molar-refractivity contribution in [3.63, 3.8) is 0 Å². The van der Waals surface area contributed by atoms with Crippen molar-refractivity contribution >= 4 is 5.91 Å². The summed E-state index contributed by atoms with van der Waals surface area (Å²) in [6, 6.07) is 3.58. The van der Waals surface area contributed by atoms with E-state index in [1.54, 1.807) is 6.20 Å². The number of amides is 1. The third kappa shape index (κ3) is 2.85. The van der Waals surface area contributed by atoms with Gasteiger partial charge in [0.15, 0.2) is 5.82 Å². The molecule has 1 saturated heterocycles. The van der Waals surface area contributed by atoms with Gasteiger partial charge < -0.3 is 9.42 Å². The number of rotatable bonds is 3. The summed E-state index contributed by atoms with van der Waals surface area (Å²) in [5, 5.41) is 4.10. The lowest BCUT2D eigenvalue weighted by Gasteiger charge is -2.33. The quantitative estimate of drug-likeness (QED) is 0.871. The van der Waals surface area contributed by atoms with Crippen LogP contribution in [-0.4, -0.2) is 32.5 Å². The number of pyridine rings is 1. The topological polar surface area (TPSA) is 72.1 Å². The van der Waals surface area contributed by atoms with Crippen molar-refractivity contribution in [2.24, 2.45) is 0 Å². The third-order valence-electron chi connectivity index (χ3n) is 4.61. The molecule has 0 spiro atoms. The van der Waals surface area contributed by atoms with E-state index in [-0.39, 0.29) is 11.9 Å². The first kappa shape index (κ1) is 14.4. The minimum absolute atomic E-state index is 0.00614. The minimum atomic E-state index is -0.113. The van der Waals surface area contributed by atoms with E-state index in [0.29, 0.717) is 17.4 Å². The lowest BCUT2D eigenvalue weighted by Crippen LogP contribution is -2.38. The second-order valence-electron chi connectivity index (χ2n) is 6.46. The van der Waals surface area contributed by atoms with Crippen LogP contribution in [0.2, 0.25) is 0 Å². The Bertz CT molecular complexity index is 706. The van der Waals surface area contributed by atoms with Gasteiger partial charge in [0.05, 0.1) is 5.56 Å². The van der Waals surface area contributed by atoms with Crippen molar-refractivity contribution in [3.8, 4) is 0 Å². The Hall–Kier alpha value is -2.24. The molecule has 6 nitrogen and oxygen atoms in total. The Morgan fingerprint density at radius 1 is 1.26 bits per heavy atom. The molecule has 1 amide bonds. The van der Waals surface area contributed by atoms with E-state index in [0.717, 1.165) is 50.2 Å². The van der Waals surface area contributed by atoms with E-state index in [1.165, 1.54) is 0 Å². The molecule has 120 valence electrons. The summed E-state index contributed by atoms with van der Waals surface area (Å²) in [5.74, 6) is 1.84. The van der Waals surface area contributed by atoms with Crippen LogP contribution in [0.25, 0.3) is 0 Å². The molecule has 0 unspecified atom stereocenters. The molecule has 1 saturated carbocycles. The maximum absolute atomic E-state index is 12.8. The fourth-order valence-corrected chi connectivity index (χ4v) is 3.08. The zero-order chi connectivity index (χ0) is 15.8. The Labute approximate surface area is 134 Å². The molecule has 4 rings (SSSR count). The van der Waals surface area contributed by atoms with Gasteiger partial charge in [0, 0.05) is 24.4 Å². The smallest absolute Gasteiger partial charge is 0.256 e.